The molecule has 0 amide bonds. The highest BCUT2D eigenvalue weighted by Crippen LogP contribution is 2.32. The van der Waals surface area contributed by atoms with Gasteiger partial charge in [-0.3, -0.25) is 10.1 Å². The largest absolute Gasteiger partial charge is 0.460 e. The number of nitro groups is 1. The van der Waals surface area contributed by atoms with Gasteiger partial charge in [-0.1, -0.05) is 18.5 Å². The van der Waals surface area contributed by atoms with Gasteiger partial charge in [0.1, 0.15) is 11.5 Å². The first-order chi connectivity index (χ1) is 9.11. The van der Waals surface area contributed by atoms with Gasteiger partial charge in [-0.05, 0) is 24.7 Å². The SMILES string of the molecule is CCNCc1ccc(-c2ccc([N+](=O)[O-])cc2Cl)o1. The maximum Gasteiger partial charge on any atom is 0.270 e. The van der Waals surface area contributed by atoms with E-state index in [-0.39, 0.29) is 5.69 Å². The highest BCUT2D eigenvalue weighted by Gasteiger charge is 2.13. The number of nitrogens with zero attached hydrogens (tertiary/aromatic N) is 1. The average Bonchev–Trinajstić information content (AvgIpc) is 2.84. The minimum absolute atomic E-state index is 0.0341. The van der Waals surface area contributed by atoms with Crippen molar-refractivity contribution in [3.05, 3.63) is 51.2 Å². The number of hydrogen-bond acceptors (Lipinski definition) is 4. The Bertz CT molecular complexity index is 595. The van der Waals surface area contributed by atoms with E-state index in [9.17, 15) is 10.1 Å². The van der Waals surface area contributed by atoms with Crippen LogP contribution in [0.4, 0.5) is 5.69 Å². The van der Waals surface area contributed by atoms with Crippen molar-refractivity contribution >= 4 is 17.3 Å². The second kappa shape index (κ2) is 5.86. The fourth-order valence-corrected chi connectivity index (χ4v) is 1.95. The summed E-state index contributed by atoms with van der Waals surface area (Å²) >= 11 is 6.04. The quantitative estimate of drug-likeness (QED) is 0.671. The predicted octanol–water partition coefficient (Wildman–Crippen LogP) is 3.62. The summed E-state index contributed by atoms with van der Waals surface area (Å²) in [5, 5.41) is 14.1. The molecule has 0 atom stereocenters. The van der Waals surface area contributed by atoms with E-state index in [0.29, 0.717) is 22.9 Å². The van der Waals surface area contributed by atoms with E-state index in [1.165, 1.54) is 12.1 Å². The van der Waals surface area contributed by atoms with Crippen LogP contribution in [0.15, 0.2) is 34.7 Å². The van der Waals surface area contributed by atoms with Gasteiger partial charge < -0.3 is 9.73 Å². The fraction of sp³-hybridized carbons (Fsp3) is 0.231. The second-order valence-corrected chi connectivity index (χ2v) is 4.37. The zero-order chi connectivity index (χ0) is 13.8. The molecule has 0 saturated carbocycles. The summed E-state index contributed by atoms with van der Waals surface area (Å²) in [6, 6.07) is 7.99. The molecular formula is C13H13ClN2O3. The van der Waals surface area contributed by atoms with Crippen molar-refractivity contribution in [1.82, 2.24) is 5.32 Å². The van der Waals surface area contributed by atoms with Crippen molar-refractivity contribution in [2.75, 3.05) is 6.54 Å². The van der Waals surface area contributed by atoms with Crippen LogP contribution in [0.25, 0.3) is 11.3 Å². The zero-order valence-electron chi connectivity index (χ0n) is 10.4. The summed E-state index contributed by atoms with van der Waals surface area (Å²) in [5.41, 5.74) is 0.614. The van der Waals surface area contributed by atoms with Crippen LogP contribution < -0.4 is 5.32 Å². The van der Waals surface area contributed by atoms with Crippen LogP contribution in [0, 0.1) is 10.1 Å². The Hall–Kier alpha value is -1.85. The Kier molecular flexibility index (Phi) is 4.19. The molecule has 6 heteroatoms. The number of nitrogens with one attached hydrogen (secondary N) is 1. The monoisotopic (exact) mass is 280 g/mol. The van der Waals surface area contributed by atoms with Gasteiger partial charge >= 0.3 is 0 Å². The predicted molar refractivity (Wildman–Crippen MR) is 73.2 cm³/mol. The van der Waals surface area contributed by atoms with Crippen molar-refractivity contribution in [2.24, 2.45) is 0 Å². The van der Waals surface area contributed by atoms with E-state index >= 15 is 0 Å². The number of nitro benzene ring substituents is 1. The fourth-order valence-electron chi connectivity index (χ4n) is 1.68. The lowest BCUT2D eigenvalue weighted by Crippen LogP contribution is -2.10. The Balaban J connectivity index is 2.26. The van der Waals surface area contributed by atoms with Gasteiger partial charge in [0.15, 0.2) is 0 Å². The van der Waals surface area contributed by atoms with Crippen LogP contribution in [0.5, 0.6) is 0 Å². The van der Waals surface area contributed by atoms with E-state index < -0.39 is 4.92 Å². The molecule has 0 aliphatic carbocycles. The summed E-state index contributed by atoms with van der Waals surface area (Å²) in [5.74, 6) is 1.40. The Morgan fingerprint density at radius 2 is 2.16 bits per heavy atom. The van der Waals surface area contributed by atoms with Crippen molar-refractivity contribution < 1.29 is 9.34 Å². The molecule has 0 aliphatic rings. The van der Waals surface area contributed by atoms with Crippen LogP contribution in [-0.2, 0) is 6.54 Å². The van der Waals surface area contributed by atoms with Crippen LogP contribution >= 0.6 is 11.6 Å². The molecule has 1 heterocycles. The highest BCUT2D eigenvalue weighted by atomic mass is 35.5. The molecule has 0 saturated heterocycles. The molecule has 1 aromatic heterocycles. The van der Waals surface area contributed by atoms with Gasteiger partial charge in [-0.15, -0.1) is 0 Å². The zero-order valence-corrected chi connectivity index (χ0v) is 11.1. The molecular weight excluding hydrogens is 268 g/mol. The first-order valence-electron chi connectivity index (χ1n) is 5.85. The number of halogens is 1. The van der Waals surface area contributed by atoms with Gasteiger partial charge in [0.25, 0.3) is 5.69 Å². The lowest BCUT2D eigenvalue weighted by atomic mass is 10.1. The van der Waals surface area contributed by atoms with Crippen molar-refractivity contribution in [2.45, 2.75) is 13.5 Å². The summed E-state index contributed by atoms with van der Waals surface area (Å²) in [4.78, 5) is 10.2. The molecule has 2 rings (SSSR count). The number of hydrogen-bond donors (Lipinski definition) is 1. The minimum Gasteiger partial charge on any atom is -0.460 e. The van der Waals surface area contributed by atoms with Crippen LogP contribution in [0.2, 0.25) is 5.02 Å². The molecule has 0 spiro atoms. The summed E-state index contributed by atoms with van der Waals surface area (Å²) in [6.07, 6.45) is 0. The summed E-state index contributed by atoms with van der Waals surface area (Å²) in [6.45, 7) is 3.51. The van der Waals surface area contributed by atoms with Crippen LogP contribution in [0.3, 0.4) is 0 Å². The lowest BCUT2D eigenvalue weighted by Gasteiger charge is -2.01. The average molecular weight is 281 g/mol. The van der Waals surface area contributed by atoms with E-state index in [1.54, 1.807) is 12.1 Å². The van der Waals surface area contributed by atoms with E-state index in [2.05, 4.69) is 5.32 Å². The van der Waals surface area contributed by atoms with E-state index in [4.69, 9.17) is 16.0 Å². The van der Waals surface area contributed by atoms with Gasteiger partial charge in [0, 0.05) is 17.7 Å². The topological polar surface area (TPSA) is 68.3 Å². The third kappa shape index (κ3) is 3.13. The molecule has 19 heavy (non-hydrogen) atoms. The molecule has 100 valence electrons. The highest BCUT2D eigenvalue weighted by molar-refractivity contribution is 6.33. The molecule has 0 unspecified atom stereocenters. The molecule has 0 radical (unpaired) electrons. The smallest absolute Gasteiger partial charge is 0.270 e. The van der Waals surface area contributed by atoms with E-state index in [1.807, 2.05) is 13.0 Å². The minimum atomic E-state index is -0.478. The molecule has 5 nitrogen and oxygen atoms in total. The normalized spacial score (nSPS) is 10.6. The maximum absolute atomic E-state index is 10.6. The summed E-state index contributed by atoms with van der Waals surface area (Å²) < 4.78 is 5.64. The lowest BCUT2D eigenvalue weighted by molar-refractivity contribution is -0.384. The molecule has 0 aliphatic heterocycles. The van der Waals surface area contributed by atoms with E-state index in [0.717, 1.165) is 12.3 Å². The molecule has 1 N–H and O–H groups in total. The van der Waals surface area contributed by atoms with Gasteiger partial charge in [0.05, 0.1) is 16.5 Å². The van der Waals surface area contributed by atoms with Crippen molar-refractivity contribution in [3.63, 3.8) is 0 Å². The number of non-ortho nitro benzene ring substituents is 1. The first kappa shape index (κ1) is 13.6. The van der Waals surface area contributed by atoms with Crippen molar-refractivity contribution in [1.29, 1.82) is 0 Å². The van der Waals surface area contributed by atoms with Gasteiger partial charge in [0.2, 0.25) is 0 Å². The molecule has 0 fully saturated rings. The third-order valence-corrected chi connectivity index (χ3v) is 2.95. The summed E-state index contributed by atoms with van der Waals surface area (Å²) in [7, 11) is 0. The Morgan fingerprint density at radius 1 is 1.37 bits per heavy atom. The molecule has 0 bridgehead atoms. The van der Waals surface area contributed by atoms with Gasteiger partial charge in [-0.2, -0.15) is 0 Å². The molecule has 1 aromatic carbocycles. The Morgan fingerprint density at radius 3 is 2.79 bits per heavy atom. The standard InChI is InChI=1S/C13H13ClN2O3/c1-2-15-8-10-4-6-13(19-10)11-5-3-9(16(17)18)7-12(11)14/h3-7,15H,2,8H2,1H3. The first-order valence-corrected chi connectivity index (χ1v) is 6.23. The Labute approximate surface area is 115 Å². The number of furan rings is 1. The van der Waals surface area contributed by atoms with Crippen LogP contribution in [-0.4, -0.2) is 11.5 Å². The number of benzene rings is 1. The number of rotatable bonds is 5. The van der Waals surface area contributed by atoms with Gasteiger partial charge in [-0.25, -0.2) is 0 Å². The van der Waals surface area contributed by atoms with Crippen molar-refractivity contribution in [3.8, 4) is 11.3 Å². The third-order valence-electron chi connectivity index (χ3n) is 2.64. The maximum atomic E-state index is 10.6. The second-order valence-electron chi connectivity index (χ2n) is 3.97. The molecule has 2 aromatic rings. The van der Waals surface area contributed by atoms with Crippen LogP contribution in [0.1, 0.15) is 12.7 Å².